The Kier molecular flexibility index (Phi) is 3.79. The van der Waals surface area contributed by atoms with Crippen LogP contribution >= 0.6 is 0 Å². The molecule has 4 nitrogen and oxygen atoms in total. The Morgan fingerprint density at radius 3 is 2.68 bits per heavy atom. The molecule has 0 bridgehead atoms. The van der Waals surface area contributed by atoms with Crippen LogP contribution in [-0.2, 0) is 6.54 Å². The molecule has 4 aromatic rings. The van der Waals surface area contributed by atoms with Crippen molar-refractivity contribution in [2.24, 2.45) is 0 Å². The van der Waals surface area contributed by atoms with Crippen LogP contribution in [0.2, 0.25) is 0 Å². The summed E-state index contributed by atoms with van der Waals surface area (Å²) in [6.45, 7) is 4.91. The van der Waals surface area contributed by atoms with E-state index < -0.39 is 0 Å². The second-order valence-electron chi connectivity index (χ2n) is 7.50. The lowest BCUT2D eigenvalue weighted by Gasteiger charge is -2.16. The van der Waals surface area contributed by atoms with E-state index in [4.69, 9.17) is 4.42 Å². The third-order valence-corrected chi connectivity index (χ3v) is 5.30. The number of aromatic nitrogens is 1. The molecular weight excluding hydrogens is 348 g/mol. The third-order valence-electron chi connectivity index (χ3n) is 5.30. The molecule has 138 valence electrons. The van der Waals surface area contributed by atoms with Crippen molar-refractivity contribution in [1.82, 2.24) is 4.98 Å². The SMILES string of the molecule is CC(C)c1ccc2oc(-c3cccc(N4Cc5ccccc5C4=O)c3)nc2c1. The van der Waals surface area contributed by atoms with Crippen LogP contribution in [0.25, 0.3) is 22.6 Å². The van der Waals surface area contributed by atoms with E-state index in [-0.39, 0.29) is 5.91 Å². The lowest BCUT2D eigenvalue weighted by Crippen LogP contribution is -2.22. The van der Waals surface area contributed by atoms with Crippen LogP contribution in [-0.4, -0.2) is 10.9 Å². The van der Waals surface area contributed by atoms with Crippen LogP contribution in [0.15, 0.2) is 71.1 Å². The maximum atomic E-state index is 12.8. The average molecular weight is 368 g/mol. The van der Waals surface area contributed by atoms with E-state index in [1.54, 1.807) is 4.90 Å². The summed E-state index contributed by atoms with van der Waals surface area (Å²) in [6, 6.07) is 21.7. The molecule has 2 heterocycles. The van der Waals surface area contributed by atoms with Crippen LogP contribution in [0.5, 0.6) is 0 Å². The highest BCUT2D eigenvalue weighted by Crippen LogP contribution is 2.32. The summed E-state index contributed by atoms with van der Waals surface area (Å²) in [7, 11) is 0. The maximum absolute atomic E-state index is 12.8. The van der Waals surface area contributed by atoms with Gasteiger partial charge in [-0.05, 0) is 53.4 Å². The molecule has 0 fully saturated rings. The Balaban J connectivity index is 1.51. The summed E-state index contributed by atoms with van der Waals surface area (Å²) < 4.78 is 5.98. The van der Waals surface area contributed by atoms with Crippen molar-refractivity contribution in [2.45, 2.75) is 26.3 Å². The molecular formula is C24H20N2O2. The molecule has 5 rings (SSSR count). The van der Waals surface area contributed by atoms with Crippen molar-refractivity contribution < 1.29 is 9.21 Å². The van der Waals surface area contributed by atoms with Crippen LogP contribution in [0.3, 0.4) is 0 Å². The van der Waals surface area contributed by atoms with Crippen LogP contribution in [0, 0.1) is 0 Å². The summed E-state index contributed by atoms with van der Waals surface area (Å²) in [5, 5.41) is 0. The molecule has 4 heteroatoms. The highest BCUT2D eigenvalue weighted by Gasteiger charge is 2.28. The zero-order chi connectivity index (χ0) is 19.3. The second kappa shape index (κ2) is 6.34. The van der Waals surface area contributed by atoms with Gasteiger partial charge in [-0.15, -0.1) is 0 Å². The minimum Gasteiger partial charge on any atom is -0.436 e. The largest absolute Gasteiger partial charge is 0.436 e. The highest BCUT2D eigenvalue weighted by atomic mass is 16.3. The molecule has 1 amide bonds. The van der Waals surface area contributed by atoms with Crippen LogP contribution in [0.4, 0.5) is 5.69 Å². The molecule has 1 aromatic heterocycles. The highest BCUT2D eigenvalue weighted by molar-refractivity contribution is 6.10. The van der Waals surface area contributed by atoms with Gasteiger partial charge in [0.2, 0.25) is 5.89 Å². The number of nitrogens with zero attached hydrogens (tertiary/aromatic N) is 2. The molecule has 0 unspecified atom stereocenters. The van der Waals surface area contributed by atoms with Gasteiger partial charge in [-0.2, -0.15) is 0 Å². The molecule has 28 heavy (non-hydrogen) atoms. The minimum atomic E-state index is 0.0342. The van der Waals surface area contributed by atoms with E-state index >= 15 is 0 Å². The van der Waals surface area contributed by atoms with Gasteiger partial charge in [-0.3, -0.25) is 4.79 Å². The molecule has 0 saturated heterocycles. The summed E-state index contributed by atoms with van der Waals surface area (Å²) in [5.41, 5.74) is 6.41. The van der Waals surface area contributed by atoms with Gasteiger partial charge >= 0.3 is 0 Å². The summed E-state index contributed by atoms with van der Waals surface area (Å²) >= 11 is 0. The fourth-order valence-corrected chi connectivity index (χ4v) is 3.70. The second-order valence-corrected chi connectivity index (χ2v) is 7.50. The Morgan fingerprint density at radius 2 is 1.86 bits per heavy atom. The van der Waals surface area contributed by atoms with Crippen LogP contribution < -0.4 is 4.90 Å². The van der Waals surface area contributed by atoms with E-state index in [1.807, 2.05) is 54.6 Å². The first-order valence-electron chi connectivity index (χ1n) is 9.51. The van der Waals surface area contributed by atoms with Gasteiger partial charge in [-0.25, -0.2) is 4.98 Å². The Hall–Kier alpha value is -3.40. The van der Waals surface area contributed by atoms with E-state index in [0.717, 1.165) is 33.5 Å². The van der Waals surface area contributed by atoms with Gasteiger partial charge < -0.3 is 9.32 Å². The molecule has 0 radical (unpaired) electrons. The first kappa shape index (κ1) is 16.8. The van der Waals surface area contributed by atoms with E-state index in [2.05, 4.69) is 31.0 Å². The summed E-state index contributed by atoms with van der Waals surface area (Å²) in [4.78, 5) is 19.3. The van der Waals surface area contributed by atoms with E-state index in [1.165, 1.54) is 5.56 Å². The standard InChI is InChI=1S/C24H20N2O2/c1-15(2)16-10-11-22-21(13-16)25-23(28-22)17-7-5-8-19(12-17)26-14-18-6-3-4-9-20(18)24(26)27/h3-13,15H,14H2,1-2H3. The number of carbonyl (C=O) groups is 1. The van der Waals surface area contributed by atoms with Gasteiger partial charge in [0.15, 0.2) is 5.58 Å². The van der Waals surface area contributed by atoms with Gasteiger partial charge in [0.1, 0.15) is 5.52 Å². The van der Waals surface area contributed by atoms with Gasteiger partial charge in [-0.1, -0.05) is 44.2 Å². The number of hydrogen-bond acceptors (Lipinski definition) is 3. The summed E-state index contributed by atoms with van der Waals surface area (Å²) in [5.74, 6) is 1.05. The number of benzene rings is 3. The number of anilines is 1. The summed E-state index contributed by atoms with van der Waals surface area (Å²) in [6.07, 6.45) is 0. The molecule has 1 aliphatic heterocycles. The number of hydrogen-bond donors (Lipinski definition) is 0. The fourth-order valence-electron chi connectivity index (χ4n) is 3.70. The topological polar surface area (TPSA) is 46.3 Å². The van der Waals surface area contributed by atoms with Crippen molar-refractivity contribution >= 4 is 22.7 Å². The Labute approximate surface area is 163 Å². The number of carbonyl (C=O) groups excluding carboxylic acids is 1. The molecule has 0 saturated carbocycles. The van der Waals surface area contributed by atoms with Crippen molar-refractivity contribution in [1.29, 1.82) is 0 Å². The minimum absolute atomic E-state index is 0.0342. The number of fused-ring (bicyclic) bond motifs is 2. The predicted octanol–water partition coefficient (Wildman–Crippen LogP) is 5.78. The maximum Gasteiger partial charge on any atom is 0.258 e. The molecule has 1 aliphatic rings. The monoisotopic (exact) mass is 368 g/mol. The molecule has 3 aromatic carbocycles. The molecule has 0 atom stereocenters. The van der Waals surface area contributed by atoms with E-state index in [9.17, 15) is 4.79 Å². The number of amides is 1. The molecule has 0 N–H and O–H groups in total. The van der Waals surface area contributed by atoms with Crippen molar-refractivity contribution in [3.8, 4) is 11.5 Å². The molecule has 0 aliphatic carbocycles. The van der Waals surface area contributed by atoms with Gasteiger partial charge in [0, 0.05) is 16.8 Å². The third kappa shape index (κ3) is 2.69. The van der Waals surface area contributed by atoms with Crippen molar-refractivity contribution in [3.63, 3.8) is 0 Å². The molecule has 0 spiro atoms. The lowest BCUT2D eigenvalue weighted by atomic mass is 10.0. The number of rotatable bonds is 3. The Morgan fingerprint density at radius 1 is 1.00 bits per heavy atom. The van der Waals surface area contributed by atoms with Gasteiger partial charge in [0.25, 0.3) is 5.91 Å². The number of oxazole rings is 1. The van der Waals surface area contributed by atoms with Crippen molar-refractivity contribution in [3.05, 3.63) is 83.4 Å². The fraction of sp³-hybridized carbons (Fsp3) is 0.167. The average Bonchev–Trinajstić information content (AvgIpc) is 3.29. The quantitative estimate of drug-likeness (QED) is 0.460. The predicted molar refractivity (Wildman–Crippen MR) is 110 cm³/mol. The smallest absolute Gasteiger partial charge is 0.258 e. The van der Waals surface area contributed by atoms with Crippen molar-refractivity contribution in [2.75, 3.05) is 4.90 Å². The van der Waals surface area contributed by atoms with E-state index in [0.29, 0.717) is 18.4 Å². The van der Waals surface area contributed by atoms with Crippen LogP contribution in [0.1, 0.15) is 41.3 Å². The first-order chi connectivity index (χ1) is 13.6. The Bertz CT molecular complexity index is 1210. The normalized spacial score (nSPS) is 13.5. The van der Waals surface area contributed by atoms with Gasteiger partial charge in [0.05, 0.1) is 6.54 Å². The first-order valence-corrected chi connectivity index (χ1v) is 9.51. The zero-order valence-electron chi connectivity index (χ0n) is 15.8. The lowest BCUT2D eigenvalue weighted by molar-refractivity contribution is 0.0996. The zero-order valence-corrected chi connectivity index (χ0v) is 15.8.